The molecule has 56 heavy (non-hydrogen) atoms. The first-order valence-corrected chi connectivity index (χ1v) is 24.8. The second-order valence-corrected chi connectivity index (χ2v) is 17.8. The predicted molar refractivity (Wildman–Crippen MR) is 238 cm³/mol. The predicted octanol–water partition coefficient (Wildman–Crippen LogP) is 15.8. The van der Waals surface area contributed by atoms with Crippen molar-refractivity contribution in [1.29, 1.82) is 0 Å². The smallest absolute Gasteiger partial charge is 0.306 e. The molecule has 0 saturated heterocycles. The molecule has 0 aliphatic carbocycles. The van der Waals surface area contributed by atoms with Crippen molar-refractivity contribution in [2.24, 2.45) is 11.8 Å². The highest BCUT2D eigenvalue weighted by atomic mass is 16.6. The van der Waals surface area contributed by atoms with Crippen LogP contribution in [0.25, 0.3) is 0 Å². The van der Waals surface area contributed by atoms with E-state index in [1.807, 2.05) is 0 Å². The highest BCUT2D eigenvalue weighted by molar-refractivity contribution is 5.71. The lowest BCUT2D eigenvalue weighted by Crippen LogP contribution is -2.30. The molecule has 0 aromatic carbocycles. The maximum atomic E-state index is 12.7. The molecule has 6 nitrogen and oxygen atoms in total. The Morgan fingerprint density at radius 2 is 0.679 bits per heavy atom. The number of carbonyl (C=O) groups excluding carboxylic acids is 3. The first-order valence-electron chi connectivity index (χ1n) is 24.8. The Kier molecular flexibility index (Phi) is 41.8. The van der Waals surface area contributed by atoms with Gasteiger partial charge in [0.1, 0.15) is 13.2 Å². The van der Waals surface area contributed by atoms with E-state index in [9.17, 15) is 14.4 Å². The van der Waals surface area contributed by atoms with Crippen molar-refractivity contribution in [3.8, 4) is 0 Å². The Bertz CT molecular complexity index is 856. The molecule has 0 radical (unpaired) electrons. The van der Waals surface area contributed by atoms with Crippen molar-refractivity contribution in [3.05, 3.63) is 0 Å². The van der Waals surface area contributed by atoms with Crippen molar-refractivity contribution in [3.63, 3.8) is 0 Å². The number of hydrogen-bond donors (Lipinski definition) is 0. The van der Waals surface area contributed by atoms with Crippen LogP contribution in [-0.2, 0) is 28.6 Å². The van der Waals surface area contributed by atoms with Gasteiger partial charge in [-0.05, 0) is 31.1 Å². The molecule has 0 aromatic rings. The number of esters is 3. The van der Waals surface area contributed by atoms with Gasteiger partial charge in [-0.25, -0.2) is 0 Å². The van der Waals surface area contributed by atoms with Crippen molar-refractivity contribution in [1.82, 2.24) is 0 Å². The summed E-state index contributed by atoms with van der Waals surface area (Å²) < 4.78 is 16.7. The summed E-state index contributed by atoms with van der Waals surface area (Å²) in [4.78, 5) is 37.8. The van der Waals surface area contributed by atoms with E-state index in [2.05, 4.69) is 34.6 Å². The molecular formula is C50H96O6. The van der Waals surface area contributed by atoms with Crippen LogP contribution in [0.1, 0.15) is 272 Å². The molecule has 0 fully saturated rings. The van der Waals surface area contributed by atoms with Gasteiger partial charge in [0.2, 0.25) is 0 Å². The van der Waals surface area contributed by atoms with Gasteiger partial charge in [-0.1, -0.05) is 234 Å². The number of unbranched alkanes of at least 4 members (excludes halogenated alkanes) is 28. The quantitative estimate of drug-likeness (QED) is 0.0347. The van der Waals surface area contributed by atoms with Gasteiger partial charge < -0.3 is 14.2 Å². The van der Waals surface area contributed by atoms with Crippen LogP contribution in [0.2, 0.25) is 0 Å². The topological polar surface area (TPSA) is 78.9 Å². The van der Waals surface area contributed by atoms with E-state index < -0.39 is 6.10 Å². The van der Waals surface area contributed by atoms with Crippen LogP contribution in [0.4, 0.5) is 0 Å². The minimum atomic E-state index is -0.761. The van der Waals surface area contributed by atoms with E-state index in [0.29, 0.717) is 19.3 Å². The van der Waals surface area contributed by atoms with Gasteiger partial charge in [0.15, 0.2) is 6.10 Å². The first kappa shape index (κ1) is 54.4. The van der Waals surface area contributed by atoms with Crippen LogP contribution in [0.15, 0.2) is 0 Å². The Labute approximate surface area is 348 Å². The second-order valence-electron chi connectivity index (χ2n) is 17.8. The monoisotopic (exact) mass is 793 g/mol. The molecule has 0 saturated carbocycles. The van der Waals surface area contributed by atoms with Gasteiger partial charge >= 0.3 is 17.9 Å². The maximum Gasteiger partial charge on any atom is 0.306 e. The zero-order valence-corrected chi connectivity index (χ0v) is 38.3. The van der Waals surface area contributed by atoms with Gasteiger partial charge in [-0.15, -0.1) is 0 Å². The van der Waals surface area contributed by atoms with Gasteiger partial charge in [0, 0.05) is 19.3 Å². The molecule has 0 spiro atoms. The fourth-order valence-electron chi connectivity index (χ4n) is 7.43. The fourth-order valence-corrected chi connectivity index (χ4v) is 7.43. The Morgan fingerprint density at radius 3 is 1.02 bits per heavy atom. The molecule has 0 aliphatic heterocycles. The minimum absolute atomic E-state index is 0.0647. The van der Waals surface area contributed by atoms with Gasteiger partial charge in [0.05, 0.1) is 0 Å². The number of carbonyl (C=O) groups is 3. The van der Waals surface area contributed by atoms with Crippen LogP contribution < -0.4 is 0 Å². The second kappa shape index (κ2) is 43.0. The van der Waals surface area contributed by atoms with Crippen molar-refractivity contribution in [2.75, 3.05) is 13.2 Å². The Hall–Kier alpha value is -1.59. The average molecular weight is 793 g/mol. The van der Waals surface area contributed by atoms with E-state index in [4.69, 9.17) is 14.2 Å². The Balaban J connectivity index is 4.24. The molecule has 0 bridgehead atoms. The molecule has 6 heteroatoms. The van der Waals surface area contributed by atoms with E-state index in [1.54, 1.807) is 0 Å². The molecule has 0 amide bonds. The van der Waals surface area contributed by atoms with Gasteiger partial charge in [-0.3, -0.25) is 14.4 Å². The first-order chi connectivity index (χ1) is 27.3. The molecule has 0 aliphatic rings. The van der Waals surface area contributed by atoms with E-state index in [0.717, 1.165) is 69.6 Å². The number of ether oxygens (including phenoxy) is 3. The van der Waals surface area contributed by atoms with Crippen LogP contribution in [-0.4, -0.2) is 37.2 Å². The third-order valence-corrected chi connectivity index (χ3v) is 11.6. The van der Waals surface area contributed by atoms with Crippen molar-refractivity contribution < 1.29 is 28.6 Å². The lowest BCUT2D eigenvalue weighted by Gasteiger charge is -2.18. The lowest BCUT2D eigenvalue weighted by atomic mass is 10.00. The third kappa shape index (κ3) is 42.0. The summed E-state index contributed by atoms with van der Waals surface area (Å²) in [5.41, 5.74) is 0. The number of hydrogen-bond acceptors (Lipinski definition) is 6. The largest absolute Gasteiger partial charge is 0.462 e. The average Bonchev–Trinajstić information content (AvgIpc) is 3.18. The molecule has 0 aromatic heterocycles. The van der Waals surface area contributed by atoms with Crippen LogP contribution in [0.3, 0.4) is 0 Å². The van der Waals surface area contributed by atoms with Crippen molar-refractivity contribution >= 4 is 17.9 Å². The molecule has 0 rings (SSSR count). The molecule has 1 unspecified atom stereocenters. The normalized spacial score (nSPS) is 12.5. The molecule has 332 valence electrons. The highest BCUT2D eigenvalue weighted by Crippen LogP contribution is 2.17. The molecule has 0 N–H and O–H groups in total. The standard InChI is InChI=1S/C50H96O6/c1-6-8-9-10-11-12-21-25-32-37-42-50(53)56-47(44-55-49(52)41-36-31-27-26-29-34-39-46(5)7-2)43-54-48(51)40-35-30-24-22-19-17-15-13-14-16-18-20-23-28-33-38-45(3)4/h45-47H,6-44H2,1-5H3/t46?,47-/m1/s1. The maximum absolute atomic E-state index is 12.7. The van der Waals surface area contributed by atoms with Crippen molar-refractivity contribution in [2.45, 2.75) is 278 Å². The zero-order chi connectivity index (χ0) is 41.2. The molecule has 0 heterocycles. The molecule has 2 atom stereocenters. The highest BCUT2D eigenvalue weighted by Gasteiger charge is 2.19. The van der Waals surface area contributed by atoms with E-state index >= 15 is 0 Å². The number of rotatable bonds is 44. The summed E-state index contributed by atoms with van der Waals surface area (Å²) in [5.74, 6) is 0.808. The Morgan fingerprint density at radius 1 is 0.375 bits per heavy atom. The SMILES string of the molecule is CCCCCCCCCCCCC(=O)O[C@H](COC(=O)CCCCCCCCCCCCCCCCCC(C)C)COC(=O)CCCCCCCCC(C)CC. The summed E-state index contributed by atoms with van der Waals surface area (Å²) in [7, 11) is 0. The summed E-state index contributed by atoms with van der Waals surface area (Å²) in [6, 6.07) is 0. The van der Waals surface area contributed by atoms with Gasteiger partial charge in [0.25, 0.3) is 0 Å². The zero-order valence-electron chi connectivity index (χ0n) is 38.3. The summed E-state index contributed by atoms with van der Waals surface area (Å²) in [6.07, 6.45) is 42.3. The van der Waals surface area contributed by atoms with E-state index in [1.165, 1.54) is 161 Å². The minimum Gasteiger partial charge on any atom is -0.462 e. The third-order valence-electron chi connectivity index (χ3n) is 11.6. The summed E-state index contributed by atoms with van der Waals surface area (Å²) >= 11 is 0. The van der Waals surface area contributed by atoms with Crippen LogP contribution in [0.5, 0.6) is 0 Å². The summed E-state index contributed by atoms with van der Waals surface area (Å²) in [5, 5.41) is 0. The van der Waals surface area contributed by atoms with E-state index in [-0.39, 0.29) is 31.1 Å². The lowest BCUT2D eigenvalue weighted by molar-refractivity contribution is -0.167. The fraction of sp³-hybridized carbons (Fsp3) is 0.940. The summed E-state index contributed by atoms with van der Waals surface area (Å²) in [6.45, 7) is 11.3. The van der Waals surface area contributed by atoms with Crippen LogP contribution >= 0.6 is 0 Å². The molecular weight excluding hydrogens is 697 g/mol. The van der Waals surface area contributed by atoms with Gasteiger partial charge in [-0.2, -0.15) is 0 Å². The van der Waals surface area contributed by atoms with Crippen LogP contribution in [0, 0.1) is 11.8 Å².